The molecule has 0 heterocycles. The SMILES string of the molecule is COC(=O)C(N=[N+]=N)C(O)c1cccc2ccccc12. The average Bonchev–Trinajstić information content (AvgIpc) is 2.50. The summed E-state index contributed by atoms with van der Waals surface area (Å²) in [5, 5.41) is 15.6. The summed E-state index contributed by atoms with van der Waals surface area (Å²) in [5.74, 6) is -0.735. The zero-order chi connectivity index (χ0) is 14.5. The molecule has 2 rings (SSSR count). The summed E-state index contributed by atoms with van der Waals surface area (Å²) >= 11 is 0. The molecule has 2 atom stereocenters. The molecule has 20 heavy (non-hydrogen) atoms. The van der Waals surface area contributed by atoms with E-state index in [-0.39, 0.29) is 0 Å². The van der Waals surface area contributed by atoms with Crippen molar-refractivity contribution in [1.29, 1.82) is 5.53 Å². The zero-order valence-electron chi connectivity index (χ0n) is 10.9. The molecule has 0 bridgehead atoms. The average molecular weight is 272 g/mol. The van der Waals surface area contributed by atoms with Gasteiger partial charge >= 0.3 is 5.97 Å². The van der Waals surface area contributed by atoms with Crippen molar-refractivity contribution in [2.45, 2.75) is 12.1 Å². The maximum absolute atomic E-state index is 11.6. The predicted molar refractivity (Wildman–Crippen MR) is 72.0 cm³/mol. The smallest absolute Gasteiger partial charge is 0.341 e. The highest BCUT2D eigenvalue weighted by Gasteiger charge is 2.34. The molecule has 0 saturated carbocycles. The topological polar surface area (TPSA) is 96.8 Å². The van der Waals surface area contributed by atoms with Crippen molar-refractivity contribution >= 4 is 16.7 Å². The Balaban J connectivity index is 2.51. The summed E-state index contributed by atoms with van der Waals surface area (Å²) in [6.45, 7) is 0. The van der Waals surface area contributed by atoms with Gasteiger partial charge in [-0.25, -0.2) is 4.79 Å². The quantitative estimate of drug-likeness (QED) is 0.506. The normalized spacial score (nSPS) is 13.3. The van der Waals surface area contributed by atoms with E-state index in [1.54, 1.807) is 12.1 Å². The highest BCUT2D eigenvalue weighted by atomic mass is 16.5. The number of rotatable bonds is 4. The van der Waals surface area contributed by atoms with Gasteiger partial charge in [-0.1, -0.05) is 42.5 Å². The van der Waals surface area contributed by atoms with E-state index < -0.39 is 18.1 Å². The van der Waals surface area contributed by atoms with Crippen LogP contribution in [0.4, 0.5) is 0 Å². The van der Waals surface area contributed by atoms with E-state index in [2.05, 4.69) is 14.8 Å². The van der Waals surface area contributed by atoms with E-state index in [1.165, 1.54) is 7.11 Å². The first-order chi connectivity index (χ1) is 9.69. The van der Waals surface area contributed by atoms with Crippen LogP contribution >= 0.6 is 0 Å². The lowest BCUT2D eigenvalue weighted by Crippen LogP contribution is -2.28. The highest BCUT2D eigenvalue weighted by Crippen LogP contribution is 2.27. The Bertz CT molecular complexity index is 675. The second-order valence-electron chi connectivity index (χ2n) is 4.20. The summed E-state index contributed by atoms with van der Waals surface area (Å²) in [5.41, 5.74) is 7.31. The Labute approximate surface area is 115 Å². The number of esters is 1. The maximum Gasteiger partial charge on any atom is 0.341 e. The Morgan fingerprint density at radius 1 is 1.30 bits per heavy atom. The summed E-state index contributed by atoms with van der Waals surface area (Å²) in [6, 6.07) is 11.6. The number of hydrogen-bond donors (Lipinski definition) is 2. The molecule has 0 amide bonds. The Morgan fingerprint density at radius 3 is 2.70 bits per heavy atom. The molecule has 2 aromatic carbocycles. The number of aliphatic hydroxyl groups excluding tert-OH is 1. The van der Waals surface area contributed by atoms with Crippen molar-refractivity contribution in [2.75, 3.05) is 7.11 Å². The first kappa shape index (κ1) is 13.9. The standard InChI is InChI=1S/C14H14N3O3/c1-20-14(19)12(16-17-15)13(18)11-8-4-6-9-5-2-3-7-10(9)11/h2-8,12-13,15,18H,1H3/q+1. The molecule has 0 aliphatic rings. The minimum atomic E-state index is -1.25. The number of nitrogens with zero attached hydrogens (tertiary/aromatic N) is 2. The Morgan fingerprint density at radius 2 is 2.00 bits per heavy atom. The zero-order valence-corrected chi connectivity index (χ0v) is 10.9. The second kappa shape index (κ2) is 6.06. The van der Waals surface area contributed by atoms with Crippen molar-refractivity contribution in [2.24, 2.45) is 5.11 Å². The van der Waals surface area contributed by atoms with E-state index in [1.807, 2.05) is 30.3 Å². The summed E-state index contributed by atoms with van der Waals surface area (Å²) in [4.78, 5) is 14.5. The third-order valence-electron chi connectivity index (χ3n) is 3.07. The van der Waals surface area contributed by atoms with Crippen LogP contribution in [0.25, 0.3) is 10.8 Å². The molecule has 0 radical (unpaired) electrons. The fourth-order valence-electron chi connectivity index (χ4n) is 2.10. The Hall–Kier alpha value is -2.56. The van der Waals surface area contributed by atoms with E-state index in [9.17, 15) is 9.90 Å². The van der Waals surface area contributed by atoms with Crippen molar-refractivity contribution in [1.82, 2.24) is 4.91 Å². The first-order valence-corrected chi connectivity index (χ1v) is 5.99. The second-order valence-corrected chi connectivity index (χ2v) is 4.20. The molecule has 2 aromatic rings. The first-order valence-electron chi connectivity index (χ1n) is 5.99. The largest absolute Gasteiger partial charge is 0.467 e. The van der Waals surface area contributed by atoms with Crippen LogP contribution in [0, 0.1) is 5.53 Å². The van der Waals surface area contributed by atoms with Crippen LogP contribution in [-0.4, -0.2) is 24.2 Å². The van der Waals surface area contributed by atoms with Gasteiger partial charge in [-0.15, -0.1) is 0 Å². The Kier molecular flexibility index (Phi) is 4.20. The van der Waals surface area contributed by atoms with Gasteiger partial charge in [0.05, 0.1) is 7.11 Å². The monoisotopic (exact) mass is 272 g/mol. The van der Waals surface area contributed by atoms with Crippen LogP contribution in [0.3, 0.4) is 0 Å². The van der Waals surface area contributed by atoms with Crippen molar-refractivity contribution in [3.8, 4) is 0 Å². The number of carbonyl (C=O) groups is 1. The minimum absolute atomic E-state index is 0.547. The van der Waals surface area contributed by atoms with Gasteiger partial charge in [0.2, 0.25) is 4.91 Å². The van der Waals surface area contributed by atoms with Gasteiger partial charge in [-0.05, 0) is 16.3 Å². The maximum atomic E-state index is 11.6. The third kappa shape index (κ3) is 2.56. The number of nitrogens with one attached hydrogen (secondary N) is 1. The number of methoxy groups -OCH3 is 1. The van der Waals surface area contributed by atoms with Crippen molar-refractivity contribution in [3.63, 3.8) is 0 Å². The summed E-state index contributed by atoms with van der Waals surface area (Å²) in [7, 11) is 1.20. The van der Waals surface area contributed by atoms with E-state index in [0.29, 0.717) is 5.56 Å². The fourth-order valence-corrected chi connectivity index (χ4v) is 2.10. The van der Waals surface area contributed by atoms with Crippen LogP contribution in [0.2, 0.25) is 0 Å². The molecule has 2 N–H and O–H groups in total. The van der Waals surface area contributed by atoms with Crippen LogP contribution in [0.5, 0.6) is 0 Å². The van der Waals surface area contributed by atoms with E-state index >= 15 is 0 Å². The van der Waals surface area contributed by atoms with E-state index in [0.717, 1.165) is 10.8 Å². The molecule has 102 valence electrons. The fraction of sp³-hybridized carbons (Fsp3) is 0.214. The highest BCUT2D eigenvalue weighted by molar-refractivity contribution is 5.87. The molecular formula is C14H14N3O3+. The molecule has 6 nitrogen and oxygen atoms in total. The molecular weight excluding hydrogens is 258 g/mol. The molecule has 0 aliphatic carbocycles. The number of fused-ring (bicyclic) bond motifs is 1. The third-order valence-corrected chi connectivity index (χ3v) is 3.07. The lowest BCUT2D eigenvalue weighted by atomic mass is 9.96. The molecule has 0 saturated heterocycles. The van der Waals surface area contributed by atoms with Gasteiger partial charge in [0.25, 0.3) is 6.04 Å². The summed E-state index contributed by atoms with van der Waals surface area (Å²) < 4.78 is 4.58. The van der Waals surface area contributed by atoms with Gasteiger partial charge in [0, 0.05) is 0 Å². The van der Waals surface area contributed by atoms with E-state index in [4.69, 9.17) is 5.53 Å². The number of benzene rings is 2. The minimum Gasteiger partial charge on any atom is -0.467 e. The molecule has 0 fully saturated rings. The van der Waals surface area contributed by atoms with Gasteiger partial charge in [0.1, 0.15) is 16.7 Å². The molecule has 0 spiro atoms. The molecule has 0 aliphatic heterocycles. The number of aliphatic hydroxyl groups is 1. The van der Waals surface area contributed by atoms with Crippen LogP contribution < -0.4 is 4.91 Å². The van der Waals surface area contributed by atoms with Gasteiger partial charge < -0.3 is 9.84 Å². The van der Waals surface area contributed by atoms with Crippen molar-refractivity contribution in [3.05, 3.63) is 48.0 Å². The van der Waals surface area contributed by atoms with Gasteiger partial charge in [-0.2, -0.15) is 0 Å². The lowest BCUT2D eigenvalue weighted by molar-refractivity contribution is -0.145. The number of carbonyl (C=O) groups excluding carboxylic acids is 1. The molecule has 0 aromatic heterocycles. The molecule has 6 heteroatoms. The summed E-state index contributed by atoms with van der Waals surface area (Å²) in [6.07, 6.45) is -1.22. The van der Waals surface area contributed by atoms with Crippen LogP contribution in [0.15, 0.2) is 47.6 Å². The van der Waals surface area contributed by atoms with Crippen LogP contribution in [0.1, 0.15) is 11.7 Å². The van der Waals surface area contributed by atoms with Gasteiger partial charge in [0.15, 0.2) is 0 Å². The van der Waals surface area contributed by atoms with Gasteiger partial charge in [-0.3, -0.25) is 0 Å². The predicted octanol–water partition coefficient (Wildman–Crippen LogP) is 1.97. The number of ether oxygens (including phenoxy) is 1. The van der Waals surface area contributed by atoms with Crippen molar-refractivity contribution < 1.29 is 14.6 Å². The molecule has 2 unspecified atom stereocenters. The lowest BCUT2D eigenvalue weighted by Gasteiger charge is -2.15. The number of hydrogen-bond acceptors (Lipinski definition) is 5. The van der Waals surface area contributed by atoms with Crippen LogP contribution in [-0.2, 0) is 9.53 Å².